The fraction of sp³-hybridized carbons (Fsp3) is 0.182. The molecule has 3 aromatic rings. The van der Waals surface area contributed by atoms with E-state index in [0.29, 0.717) is 41.3 Å². The summed E-state index contributed by atoms with van der Waals surface area (Å²) in [5.41, 5.74) is 3.07. The zero-order valence-electron chi connectivity index (χ0n) is 15.8. The highest BCUT2D eigenvalue weighted by Gasteiger charge is 2.30. The van der Waals surface area contributed by atoms with E-state index in [2.05, 4.69) is 21.4 Å². The first-order valence-electron chi connectivity index (χ1n) is 9.19. The van der Waals surface area contributed by atoms with Gasteiger partial charge < -0.3 is 10.2 Å². The van der Waals surface area contributed by atoms with E-state index in [1.165, 1.54) is 18.3 Å². The number of amides is 1. The number of aryl methyl sites for hydroxylation is 1. The molecule has 0 aliphatic carbocycles. The average Bonchev–Trinajstić information content (AvgIpc) is 2.70. The lowest BCUT2D eigenvalue weighted by Gasteiger charge is -2.40. The summed E-state index contributed by atoms with van der Waals surface area (Å²) >= 11 is 0. The molecule has 1 aromatic carbocycles. The van der Waals surface area contributed by atoms with Crippen molar-refractivity contribution in [2.75, 3.05) is 18.0 Å². The van der Waals surface area contributed by atoms with E-state index in [-0.39, 0.29) is 17.8 Å². The summed E-state index contributed by atoms with van der Waals surface area (Å²) in [5, 5.41) is 12.2. The van der Waals surface area contributed by atoms with Gasteiger partial charge in [0.15, 0.2) is 0 Å². The normalized spacial score (nSPS) is 13.5. The van der Waals surface area contributed by atoms with Gasteiger partial charge in [0.1, 0.15) is 17.7 Å². The van der Waals surface area contributed by atoms with Crippen LogP contribution in [0.5, 0.6) is 0 Å². The lowest BCUT2D eigenvalue weighted by molar-refractivity contribution is 0.0929. The monoisotopic (exact) mass is 387 g/mol. The van der Waals surface area contributed by atoms with Gasteiger partial charge >= 0.3 is 0 Å². The second kappa shape index (κ2) is 7.68. The van der Waals surface area contributed by atoms with E-state index < -0.39 is 0 Å². The van der Waals surface area contributed by atoms with Gasteiger partial charge in [0.25, 0.3) is 5.91 Å². The molecule has 2 aromatic heterocycles. The minimum Gasteiger partial charge on any atom is -0.351 e. The number of carbonyl (C=O) groups excluding carboxylic acids is 1. The quantitative estimate of drug-likeness (QED) is 0.744. The van der Waals surface area contributed by atoms with Gasteiger partial charge in [0.2, 0.25) is 0 Å². The average molecular weight is 387 g/mol. The molecule has 0 saturated carbocycles. The largest absolute Gasteiger partial charge is 0.351 e. The second-order valence-corrected chi connectivity index (χ2v) is 6.95. The number of benzene rings is 1. The molecular formula is C22H18FN5O. The van der Waals surface area contributed by atoms with Gasteiger partial charge in [-0.1, -0.05) is 12.1 Å². The molecule has 1 fully saturated rings. The van der Waals surface area contributed by atoms with Crippen molar-refractivity contribution in [2.24, 2.45) is 0 Å². The number of hydrogen-bond donors (Lipinski definition) is 1. The summed E-state index contributed by atoms with van der Waals surface area (Å²) in [5.74, 6) is 0.105. The number of nitrogens with zero attached hydrogens (tertiary/aromatic N) is 4. The zero-order valence-corrected chi connectivity index (χ0v) is 15.8. The molecule has 1 N–H and O–H groups in total. The maximum Gasteiger partial charge on any atom is 0.253 e. The number of halogens is 1. The fourth-order valence-electron chi connectivity index (χ4n) is 3.23. The SMILES string of the molecule is Cc1ccc(C#N)c(N2CC(NC(=O)c3ccc(-c4cccc(F)c4)nc3)C2)n1. The van der Waals surface area contributed by atoms with Gasteiger partial charge in [-0.25, -0.2) is 9.37 Å². The molecule has 7 heteroatoms. The Hall–Kier alpha value is -3.79. The van der Waals surface area contributed by atoms with Crippen LogP contribution in [0.1, 0.15) is 21.6 Å². The molecule has 1 aliphatic heterocycles. The molecule has 0 spiro atoms. The van der Waals surface area contributed by atoms with Crippen LogP contribution in [0.2, 0.25) is 0 Å². The third-order valence-corrected chi connectivity index (χ3v) is 4.80. The van der Waals surface area contributed by atoms with Crippen molar-refractivity contribution in [3.8, 4) is 17.3 Å². The summed E-state index contributed by atoms with van der Waals surface area (Å²) in [7, 11) is 0. The second-order valence-electron chi connectivity index (χ2n) is 6.95. The van der Waals surface area contributed by atoms with Crippen molar-refractivity contribution in [1.29, 1.82) is 5.26 Å². The summed E-state index contributed by atoms with van der Waals surface area (Å²) in [6, 6.07) is 15.2. The van der Waals surface area contributed by atoms with E-state index >= 15 is 0 Å². The highest BCUT2D eigenvalue weighted by atomic mass is 19.1. The Kier molecular flexibility index (Phi) is 4.92. The van der Waals surface area contributed by atoms with E-state index in [1.807, 2.05) is 17.9 Å². The molecule has 0 bridgehead atoms. The highest BCUT2D eigenvalue weighted by molar-refractivity contribution is 5.94. The molecule has 29 heavy (non-hydrogen) atoms. The molecule has 4 rings (SSSR count). The van der Waals surface area contributed by atoms with Crippen LogP contribution in [0.3, 0.4) is 0 Å². The predicted octanol–water partition coefficient (Wildman–Crippen LogP) is 3.08. The molecule has 144 valence electrons. The number of pyridine rings is 2. The minimum atomic E-state index is -0.330. The molecule has 0 radical (unpaired) electrons. The van der Waals surface area contributed by atoms with Gasteiger partial charge in [-0.05, 0) is 43.3 Å². The van der Waals surface area contributed by atoms with E-state index in [9.17, 15) is 14.4 Å². The Bertz CT molecular complexity index is 1100. The van der Waals surface area contributed by atoms with E-state index in [4.69, 9.17) is 0 Å². The summed E-state index contributed by atoms with van der Waals surface area (Å²) < 4.78 is 13.4. The van der Waals surface area contributed by atoms with Crippen LogP contribution in [-0.2, 0) is 0 Å². The Morgan fingerprint density at radius 3 is 2.76 bits per heavy atom. The molecule has 1 aliphatic rings. The Morgan fingerprint density at radius 2 is 2.07 bits per heavy atom. The number of carbonyl (C=O) groups is 1. The van der Waals surface area contributed by atoms with Crippen molar-refractivity contribution in [3.63, 3.8) is 0 Å². The number of hydrogen-bond acceptors (Lipinski definition) is 5. The standard InChI is InChI=1S/C22H18FN5O/c1-14-5-6-16(10-24)21(26-14)28-12-19(13-28)27-22(29)17-7-8-20(25-11-17)15-3-2-4-18(23)9-15/h2-9,11,19H,12-13H2,1H3,(H,27,29). The zero-order chi connectivity index (χ0) is 20.4. The number of rotatable bonds is 4. The number of anilines is 1. The molecule has 6 nitrogen and oxygen atoms in total. The Labute approximate surface area is 167 Å². The van der Waals surface area contributed by atoms with Gasteiger partial charge in [0.05, 0.1) is 22.9 Å². The van der Waals surface area contributed by atoms with Crippen LogP contribution in [-0.4, -0.2) is 35.0 Å². The first kappa shape index (κ1) is 18.6. The van der Waals surface area contributed by atoms with Gasteiger partial charge in [0, 0.05) is 30.5 Å². The maximum atomic E-state index is 13.4. The maximum absolute atomic E-state index is 13.4. The lowest BCUT2D eigenvalue weighted by atomic mass is 10.1. The number of nitriles is 1. The van der Waals surface area contributed by atoms with Crippen LogP contribution in [0, 0.1) is 24.1 Å². The van der Waals surface area contributed by atoms with Crippen molar-refractivity contribution in [3.05, 3.63) is 77.4 Å². The minimum absolute atomic E-state index is 0.0285. The Morgan fingerprint density at radius 1 is 1.24 bits per heavy atom. The topological polar surface area (TPSA) is 81.9 Å². The Balaban J connectivity index is 1.38. The molecule has 3 heterocycles. The summed E-state index contributed by atoms with van der Waals surface area (Å²) in [4.78, 5) is 23.2. The summed E-state index contributed by atoms with van der Waals surface area (Å²) in [6.07, 6.45) is 1.49. The van der Waals surface area contributed by atoms with Crippen molar-refractivity contribution < 1.29 is 9.18 Å². The number of aromatic nitrogens is 2. The third kappa shape index (κ3) is 3.92. The third-order valence-electron chi connectivity index (χ3n) is 4.80. The molecule has 1 amide bonds. The van der Waals surface area contributed by atoms with Crippen LogP contribution in [0.4, 0.5) is 10.2 Å². The van der Waals surface area contributed by atoms with Gasteiger partial charge in [-0.15, -0.1) is 0 Å². The summed E-state index contributed by atoms with van der Waals surface area (Å²) in [6.45, 7) is 3.06. The van der Waals surface area contributed by atoms with Gasteiger partial charge in [-0.3, -0.25) is 9.78 Å². The van der Waals surface area contributed by atoms with Crippen molar-refractivity contribution in [2.45, 2.75) is 13.0 Å². The van der Waals surface area contributed by atoms with Crippen molar-refractivity contribution >= 4 is 11.7 Å². The van der Waals surface area contributed by atoms with Crippen LogP contribution in [0.15, 0.2) is 54.7 Å². The number of nitrogens with one attached hydrogen (secondary N) is 1. The van der Waals surface area contributed by atoms with Crippen LogP contribution < -0.4 is 10.2 Å². The highest BCUT2D eigenvalue weighted by Crippen LogP contribution is 2.23. The lowest BCUT2D eigenvalue weighted by Crippen LogP contribution is -2.60. The van der Waals surface area contributed by atoms with E-state index in [0.717, 1.165) is 5.69 Å². The predicted molar refractivity (Wildman–Crippen MR) is 107 cm³/mol. The fourth-order valence-corrected chi connectivity index (χ4v) is 3.23. The molecular weight excluding hydrogens is 369 g/mol. The van der Waals surface area contributed by atoms with Crippen molar-refractivity contribution in [1.82, 2.24) is 15.3 Å². The van der Waals surface area contributed by atoms with Gasteiger partial charge in [-0.2, -0.15) is 5.26 Å². The first-order chi connectivity index (χ1) is 14.0. The first-order valence-corrected chi connectivity index (χ1v) is 9.19. The molecule has 0 unspecified atom stereocenters. The van der Waals surface area contributed by atoms with Crippen LogP contribution >= 0.6 is 0 Å². The smallest absolute Gasteiger partial charge is 0.253 e. The van der Waals surface area contributed by atoms with E-state index in [1.54, 1.807) is 30.3 Å². The molecule has 0 atom stereocenters. The molecule has 1 saturated heterocycles. The van der Waals surface area contributed by atoms with Crippen LogP contribution in [0.25, 0.3) is 11.3 Å².